The minimum absolute atomic E-state index is 0.332. The fraction of sp³-hybridized carbons (Fsp3) is 0.867. The van der Waals surface area contributed by atoms with Crippen LogP contribution in [0.25, 0.3) is 0 Å². The molecule has 0 radical (unpaired) electrons. The highest BCUT2D eigenvalue weighted by atomic mass is 16.8. The molecule has 3 heterocycles. The molecule has 2 saturated heterocycles. The van der Waals surface area contributed by atoms with Crippen molar-refractivity contribution in [3.8, 4) is 0 Å². The molecule has 0 aromatic rings. The molecule has 25 heavy (non-hydrogen) atoms. The van der Waals surface area contributed by atoms with Gasteiger partial charge in [0.25, 0.3) is 0 Å². The normalized spacial score (nSPS) is 56.9. The second-order valence-corrected chi connectivity index (χ2v) is 6.91. The lowest BCUT2D eigenvalue weighted by atomic mass is 9.85. The topological polar surface area (TPSA) is 162 Å². The lowest BCUT2D eigenvalue weighted by Crippen LogP contribution is -2.60. The zero-order valence-corrected chi connectivity index (χ0v) is 13.2. The molecule has 142 valence electrons. The van der Waals surface area contributed by atoms with Gasteiger partial charge in [0.05, 0.1) is 31.5 Å². The lowest BCUT2D eigenvalue weighted by Gasteiger charge is -2.43. The maximum atomic E-state index is 10.3. The molecule has 4 rings (SSSR count). The van der Waals surface area contributed by atoms with Crippen molar-refractivity contribution in [3.63, 3.8) is 0 Å². The van der Waals surface area contributed by atoms with Gasteiger partial charge in [0.15, 0.2) is 6.29 Å². The molecule has 0 aromatic carbocycles. The average molecular weight is 362 g/mol. The van der Waals surface area contributed by atoms with Crippen LogP contribution in [-0.4, -0.2) is 98.7 Å². The second-order valence-electron chi connectivity index (χ2n) is 6.91. The van der Waals surface area contributed by atoms with E-state index < -0.39 is 67.3 Å². The fourth-order valence-corrected chi connectivity index (χ4v) is 4.17. The van der Waals surface area contributed by atoms with Crippen LogP contribution in [0.1, 0.15) is 0 Å². The zero-order valence-electron chi connectivity index (χ0n) is 13.2. The summed E-state index contributed by atoms with van der Waals surface area (Å²) in [5.41, 5.74) is -0.992. The highest BCUT2D eigenvalue weighted by Crippen LogP contribution is 2.59. The zero-order chi connectivity index (χ0) is 17.9. The molecule has 1 saturated carbocycles. The second kappa shape index (κ2) is 6.12. The van der Waals surface area contributed by atoms with Gasteiger partial charge in [0.1, 0.15) is 36.1 Å². The summed E-state index contributed by atoms with van der Waals surface area (Å²) in [5.74, 6) is -0.913. The van der Waals surface area contributed by atoms with E-state index >= 15 is 0 Å². The van der Waals surface area contributed by atoms with Crippen molar-refractivity contribution < 1.29 is 49.6 Å². The van der Waals surface area contributed by atoms with Gasteiger partial charge in [0.2, 0.25) is 6.29 Å². The van der Waals surface area contributed by atoms with Crippen LogP contribution < -0.4 is 0 Å². The Labute approximate surface area is 142 Å². The Bertz CT molecular complexity index is 540. The Morgan fingerprint density at radius 3 is 2.40 bits per heavy atom. The number of hydrogen-bond donors (Lipinski definition) is 6. The molecule has 4 aliphatic rings. The molecule has 6 N–H and O–H groups in total. The number of hydrogen-bond acceptors (Lipinski definition) is 10. The average Bonchev–Trinajstić information content (AvgIpc) is 3.31. The van der Waals surface area contributed by atoms with E-state index in [2.05, 4.69) is 0 Å². The van der Waals surface area contributed by atoms with Crippen molar-refractivity contribution in [2.24, 2.45) is 11.8 Å². The number of rotatable bonds is 4. The van der Waals surface area contributed by atoms with Gasteiger partial charge in [-0.05, 0) is 6.08 Å². The SMILES string of the molecule is OCC1OC(OC2OC=C[C@H]3[C@H](O)[C@@H]4O[C@]4(CO)[C@@H]23)C(O)C(O)C1O. The van der Waals surface area contributed by atoms with E-state index in [-0.39, 0.29) is 12.5 Å². The van der Waals surface area contributed by atoms with Crippen LogP contribution in [0, 0.1) is 11.8 Å². The minimum atomic E-state index is -1.57. The van der Waals surface area contributed by atoms with Crippen LogP contribution in [0.4, 0.5) is 0 Å². The molecule has 10 heteroatoms. The van der Waals surface area contributed by atoms with E-state index in [4.69, 9.17) is 18.9 Å². The smallest absolute Gasteiger partial charge is 0.208 e. The summed E-state index contributed by atoms with van der Waals surface area (Å²) >= 11 is 0. The number of aliphatic hydroxyl groups is 6. The van der Waals surface area contributed by atoms with Crippen LogP contribution in [0.2, 0.25) is 0 Å². The summed E-state index contributed by atoms with van der Waals surface area (Å²) in [7, 11) is 0. The van der Waals surface area contributed by atoms with E-state index in [1.807, 2.05) is 0 Å². The first-order chi connectivity index (χ1) is 11.9. The highest BCUT2D eigenvalue weighted by Gasteiger charge is 2.75. The first kappa shape index (κ1) is 17.6. The summed E-state index contributed by atoms with van der Waals surface area (Å²) in [6.07, 6.45) is -6.47. The Morgan fingerprint density at radius 2 is 1.72 bits per heavy atom. The Balaban J connectivity index is 1.53. The largest absolute Gasteiger partial charge is 0.472 e. The van der Waals surface area contributed by atoms with E-state index in [1.165, 1.54) is 6.26 Å². The van der Waals surface area contributed by atoms with Gasteiger partial charge in [-0.2, -0.15) is 0 Å². The Hall–Kier alpha value is -0.820. The molecule has 3 aliphatic heterocycles. The van der Waals surface area contributed by atoms with Gasteiger partial charge in [-0.25, -0.2) is 0 Å². The number of fused-ring (bicyclic) bond motifs is 3. The molecule has 1 aliphatic carbocycles. The molecular formula is C15H22O10. The van der Waals surface area contributed by atoms with Crippen molar-refractivity contribution in [3.05, 3.63) is 12.3 Å². The maximum Gasteiger partial charge on any atom is 0.208 e. The fourth-order valence-electron chi connectivity index (χ4n) is 4.17. The van der Waals surface area contributed by atoms with Crippen LogP contribution in [0.3, 0.4) is 0 Å². The minimum Gasteiger partial charge on any atom is -0.472 e. The Morgan fingerprint density at radius 1 is 0.960 bits per heavy atom. The van der Waals surface area contributed by atoms with Gasteiger partial charge in [-0.15, -0.1) is 0 Å². The van der Waals surface area contributed by atoms with Crippen LogP contribution in [0.15, 0.2) is 12.3 Å². The van der Waals surface area contributed by atoms with Crippen molar-refractivity contribution in [2.75, 3.05) is 13.2 Å². The third kappa shape index (κ3) is 2.45. The predicted molar refractivity (Wildman–Crippen MR) is 76.5 cm³/mol. The summed E-state index contributed by atoms with van der Waals surface area (Å²) in [4.78, 5) is 0. The first-order valence-electron chi connectivity index (χ1n) is 8.19. The van der Waals surface area contributed by atoms with Crippen molar-refractivity contribution in [1.82, 2.24) is 0 Å². The Kier molecular flexibility index (Phi) is 4.30. The summed E-state index contributed by atoms with van der Waals surface area (Å²) in [5, 5.41) is 59.0. The molecule has 0 amide bonds. The molecule has 11 atom stereocenters. The molecule has 6 unspecified atom stereocenters. The highest BCUT2D eigenvalue weighted by molar-refractivity contribution is 5.24. The van der Waals surface area contributed by atoms with Gasteiger partial charge < -0.3 is 49.6 Å². The number of epoxide rings is 1. The molecule has 3 fully saturated rings. The molecule has 0 bridgehead atoms. The summed E-state index contributed by atoms with van der Waals surface area (Å²) in [6.45, 7) is -0.908. The van der Waals surface area contributed by atoms with Crippen molar-refractivity contribution >= 4 is 0 Å². The summed E-state index contributed by atoms with van der Waals surface area (Å²) < 4.78 is 21.9. The van der Waals surface area contributed by atoms with Crippen LogP contribution >= 0.6 is 0 Å². The van der Waals surface area contributed by atoms with Gasteiger partial charge >= 0.3 is 0 Å². The summed E-state index contributed by atoms with van der Waals surface area (Å²) in [6, 6.07) is 0. The monoisotopic (exact) mass is 362 g/mol. The van der Waals surface area contributed by atoms with E-state index in [9.17, 15) is 30.6 Å². The first-order valence-corrected chi connectivity index (χ1v) is 8.19. The quantitative estimate of drug-likeness (QED) is 0.276. The van der Waals surface area contributed by atoms with Gasteiger partial charge in [-0.1, -0.05) is 0 Å². The van der Waals surface area contributed by atoms with Crippen molar-refractivity contribution in [1.29, 1.82) is 0 Å². The van der Waals surface area contributed by atoms with E-state index in [0.717, 1.165) is 0 Å². The standard InChI is InChI=1S/C15H22O10/c16-3-6-9(19)10(20)11(21)14(23-6)24-13-7-5(1-2-22-13)8(18)12-15(7,4-17)25-12/h1-2,5-14,16-21H,3-4H2/t5-,6?,7-,8+,9?,10?,11?,12+,13?,14?,15-/m1/s1. The lowest BCUT2D eigenvalue weighted by molar-refractivity contribution is -0.344. The molecule has 10 nitrogen and oxygen atoms in total. The van der Waals surface area contributed by atoms with Gasteiger partial charge in [-0.3, -0.25) is 0 Å². The third-order valence-electron chi connectivity index (χ3n) is 5.62. The number of aliphatic hydroxyl groups excluding tert-OH is 6. The number of ether oxygens (including phenoxy) is 4. The molecule has 0 aromatic heterocycles. The molecular weight excluding hydrogens is 340 g/mol. The van der Waals surface area contributed by atoms with Gasteiger partial charge in [0, 0.05) is 5.92 Å². The van der Waals surface area contributed by atoms with E-state index in [1.54, 1.807) is 6.08 Å². The third-order valence-corrected chi connectivity index (χ3v) is 5.62. The van der Waals surface area contributed by atoms with Crippen molar-refractivity contribution in [2.45, 2.75) is 54.8 Å². The van der Waals surface area contributed by atoms with Crippen LogP contribution in [-0.2, 0) is 18.9 Å². The van der Waals surface area contributed by atoms with E-state index in [0.29, 0.717) is 0 Å². The predicted octanol–water partition coefficient (Wildman–Crippen LogP) is -3.59. The molecule has 0 spiro atoms. The van der Waals surface area contributed by atoms with Crippen LogP contribution in [0.5, 0.6) is 0 Å². The maximum absolute atomic E-state index is 10.3.